The molecule has 1 atom stereocenters. The monoisotopic (exact) mass is 336 g/mol. The number of thiophene rings is 1. The molecule has 0 saturated carbocycles. The van der Waals surface area contributed by atoms with Gasteiger partial charge in [-0.2, -0.15) is 0 Å². The van der Waals surface area contributed by atoms with E-state index >= 15 is 0 Å². The molecule has 1 aliphatic heterocycles. The van der Waals surface area contributed by atoms with Gasteiger partial charge < -0.3 is 10.1 Å². The van der Waals surface area contributed by atoms with E-state index in [-0.39, 0.29) is 0 Å². The third kappa shape index (κ3) is 3.39. The Morgan fingerprint density at radius 1 is 1.48 bits per heavy atom. The van der Waals surface area contributed by atoms with Gasteiger partial charge in [-0.05, 0) is 36.8 Å². The minimum Gasteiger partial charge on any atom is -0.451 e. The van der Waals surface area contributed by atoms with Crippen molar-refractivity contribution in [1.82, 2.24) is 10.2 Å². The van der Waals surface area contributed by atoms with Gasteiger partial charge in [0.15, 0.2) is 6.61 Å². The highest BCUT2D eigenvalue weighted by Crippen LogP contribution is 2.33. The molecule has 124 valence electrons. The zero-order valence-corrected chi connectivity index (χ0v) is 13.9. The van der Waals surface area contributed by atoms with Crippen LogP contribution in [-0.4, -0.2) is 42.5 Å². The van der Waals surface area contributed by atoms with Gasteiger partial charge in [-0.3, -0.25) is 9.69 Å². The van der Waals surface area contributed by atoms with E-state index in [1.807, 2.05) is 6.07 Å². The third-order valence-corrected chi connectivity index (χ3v) is 5.67. The van der Waals surface area contributed by atoms with Gasteiger partial charge in [0.05, 0.1) is 0 Å². The molecule has 0 spiro atoms. The predicted octanol–water partition coefficient (Wildman–Crippen LogP) is 1.97. The van der Waals surface area contributed by atoms with Crippen molar-refractivity contribution >= 4 is 29.2 Å². The molecule has 0 aromatic carbocycles. The van der Waals surface area contributed by atoms with E-state index in [1.54, 1.807) is 0 Å². The lowest BCUT2D eigenvalue weighted by Crippen LogP contribution is -2.37. The van der Waals surface area contributed by atoms with Crippen molar-refractivity contribution in [2.45, 2.75) is 32.6 Å². The number of hydrogen-bond acceptors (Lipinski definition) is 5. The maximum atomic E-state index is 12.1. The van der Waals surface area contributed by atoms with Gasteiger partial charge in [-0.15, -0.1) is 11.3 Å². The number of hydrogen-bond donors (Lipinski definition) is 1. The minimum atomic E-state index is -0.485. The van der Waals surface area contributed by atoms with Gasteiger partial charge in [0, 0.05) is 18.0 Å². The number of rotatable bonds is 4. The SMILES string of the molecule is CC[C@@H]1CCc2sc(C(=O)OCC(=O)N3CCNC3=O)cc2C1. The molecule has 1 aromatic rings. The quantitative estimate of drug-likeness (QED) is 0.853. The summed E-state index contributed by atoms with van der Waals surface area (Å²) < 4.78 is 5.08. The molecule has 0 bridgehead atoms. The Balaban J connectivity index is 1.58. The normalized spacial score (nSPS) is 20.1. The molecule has 2 aliphatic rings. The highest BCUT2D eigenvalue weighted by atomic mass is 32.1. The zero-order valence-electron chi connectivity index (χ0n) is 13.1. The molecule has 7 heteroatoms. The summed E-state index contributed by atoms with van der Waals surface area (Å²) in [4.78, 5) is 38.2. The second-order valence-corrected chi connectivity index (χ2v) is 7.07. The Kier molecular flexibility index (Phi) is 4.66. The van der Waals surface area contributed by atoms with Crippen LogP contribution in [0.1, 0.15) is 39.9 Å². The molecule has 1 aliphatic carbocycles. The van der Waals surface area contributed by atoms with E-state index in [2.05, 4.69) is 12.2 Å². The van der Waals surface area contributed by atoms with E-state index in [0.29, 0.717) is 23.9 Å². The molecule has 23 heavy (non-hydrogen) atoms. The standard InChI is InChI=1S/C16H20N2O4S/c1-2-10-3-4-12-11(7-10)8-13(23-12)15(20)22-9-14(19)18-6-5-17-16(18)21/h8,10H,2-7,9H2,1H3,(H,17,21)/t10-/m1/s1. The maximum absolute atomic E-state index is 12.1. The molecule has 3 amide bonds. The lowest BCUT2D eigenvalue weighted by Gasteiger charge is -2.19. The van der Waals surface area contributed by atoms with Crippen LogP contribution in [0.15, 0.2) is 6.07 Å². The Hall–Kier alpha value is -1.89. The minimum absolute atomic E-state index is 0.320. The highest BCUT2D eigenvalue weighted by molar-refractivity contribution is 7.14. The summed E-state index contributed by atoms with van der Waals surface area (Å²) in [6.45, 7) is 2.55. The molecular formula is C16H20N2O4S. The number of urea groups is 1. The van der Waals surface area contributed by atoms with Gasteiger partial charge in [0.1, 0.15) is 4.88 Å². The number of fused-ring (bicyclic) bond motifs is 1. The first-order chi connectivity index (χ1) is 11.1. The number of aryl methyl sites for hydroxylation is 1. The van der Waals surface area contributed by atoms with Gasteiger partial charge in [-0.25, -0.2) is 9.59 Å². The van der Waals surface area contributed by atoms with Gasteiger partial charge in [0.2, 0.25) is 0 Å². The van der Waals surface area contributed by atoms with E-state index < -0.39 is 24.5 Å². The summed E-state index contributed by atoms with van der Waals surface area (Å²) in [5, 5.41) is 2.54. The second-order valence-electron chi connectivity index (χ2n) is 5.93. The van der Waals surface area contributed by atoms with Crippen molar-refractivity contribution < 1.29 is 19.1 Å². The van der Waals surface area contributed by atoms with E-state index in [1.165, 1.54) is 28.2 Å². The van der Waals surface area contributed by atoms with E-state index in [4.69, 9.17) is 4.74 Å². The van der Waals surface area contributed by atoms with Gasteiger partial charge >= 0.3 is 12.0 Å². The van der Waals surface area contributed by atoms with E-state index in [0.717, 1.165) is 24.2 Å². The van der Waals surface area contributed by atoms with Crippen molar-refractivity contribution in [3.63, 3.8) is 0 Å². The first-order valence-corrected chi connectivity index (χ1v) is 8.77. The number of imide groups is 1. The lowest BCUT2D eigenvalue weighted by atomic mass is 9.87. The van der Waals surface area contributed by atoms with Crippen molar-refractivity contribution in [3.8, 4) is 0 Å². The summed E-state index contributed by atoms with van der Waals surface area (Å²) in [7, 11) is 0. The van der Waals surface area contributed by atoms with Crippen LogP contribution in [0.2, 0.25) is 0 Å². The molecule has 1 N–H and O–H groups in total. The van der Waals surface area contributed by atoms with Gasteiger partial charge in [0.25, 0.3) is 5.91 Å². The fraction of sp³-hybridized carbons (Fsp3) is 0.562. The molecule has 6 nitrogen and oxygen atoms in total. The molecule has 1 aromatic heterocycles. The molecule has 1 fully saturated rings. The predicted molar refractivity (Wildman–Crippen MR) is 85.5 cm³/mol. The van der Waals surface area contributed by atoms with Crippen LogP contribution in [0, 0.1) is 5.92 Å². The molecule has 1 saturated heterocycles. The maximum Gasteiger partial charge on any atom is 0.348 e. The molecule has 0 radical (unpaired) electrons. The number of amides is 3. The topological polar surface area (TPSA) is 75.7 Å². The summed E-state index contributed by atoms with van der Waals surface area (Å²) >= 11 is 1.46. The molecular weight excluding hydrogens is 316 g/mol. The number of nitrogens with zero attached hydrogens (tertiary/aromatic N) is 1. The van der Waals surface area contributed by atoms with Crippen LogP contribution >= 0.6 is 11.3 Å². The fourth-order valence-corrected chi connectivity index (χ4v) is 4.14. The number of nitrogens with one attached hydrogen (secondary N) is 1. The first-order valence-electron chi connectivity index (χ1n) is 7.95. The van der Waals surface area contributed by atoms with Crippen LogP contribution in [0.5, 0.6) is 0 Å². The number of carbonyl (C=O) groups excluding carboxylic acids is 3. The van der Waals surface area contributed by atoms with Crippen LogP contribution in [-0.2, 0) is 22.4 Å². The van der Waals surface area contributed by atoms with Crippen LogP contribution in [0.3, 0.4) is 0 Å². The third-order valence-electron chi connectivity index (χ3n) is 4.45. The highest BCUT2D eigenvalue weighted by Gasteiger charge is 2.28. The fourth-order valence-electron chi connectivity index (χ4n) is 3.03. The number of ether oxygens (including phenoxy) is 1. The summed E-state index contributed by atoms with van der Waals surface area (Å²) in [6.07, 6.45) is 4.35. The van der Waals surface area contributed by atoms with Crippen molar-refractivity contribution in [3.05, 3.63) is 21.4 Å². The second kappa shape index (κ2) is 6.70. The van der Waals surface area contributed by atoms with E-state index in [9.17, 15) is 14.4 Å². The average molecular weight is 336 g/mol. The Morgan fingerprint density at radius 3 is 3.00 bits per heavy atom. The van der Waals surface area contributed by atoms with Crippen LogP contribution in [0.4, 0.5) is 4.79 Å². The van der Waals surface area contributed by atoms with Crippen molar-refractivity contribution in [2.75, 3.05) is 19.7 Å². The van der Waals surface area contributed by atoms with Crippen molar-refractivity contribution in [1.29, 1.82) is 0 Å². The Bertz CT molecular complexity index is 640. The Labute approximate surface area is 138 Å². The average Bonchev–Trinajstić information content (AvgIpc) is 3.17. The smallest absolute Gasteiger partial charge is 0.348 e. The van der Waals surface area contributed by atoms with Crippen LogP contribution in [0.25, 0.3) is 0 Å². The largest absolute Gasteiger partial charge is 0.451 e. The molecule has 0 unspecified atom stereocenters. The summed E-state index contributed by atoms with van der Waals surface area (Å²) in [6, 6.07) is 1.47. The zero-order chi connectivity index (χ0) is 16.4. The lowest BCUT2D eigenvalue weighted by molar-refractivity contribution is -0.130. The van der Waals surface area contributed by atoms with Gasteiger partial charge in [-0.1, -0.05) is 13.3 Å². The first kappa shape index (κ1) is 16.0. The Morgan fingerprint density at radius 2 is 2.30 bits per heavy atom. The number of carbonyl (C=O) groups is 3. The molecule has 3 rings (SSSR count). The molecule has 2 heterocycles. The van der Waals surface area contributed by atoms with Crippen molar-refractivity contribution in [2.24, 2.45) is 5.92 Å². The summed E-state index contributed by atoms with van der Waals surface area (Å²) in [5.74, 6) is -0.276. The summed E-state index contributed by atoms with van der Waals surface area (Å²) in [5.41, 5.74) is 1.24. The number of esters is 1. The van der Waals surface area contributed by atoms with Crippen LogP contribution < -0.4 is 5.32 Å².